The summed E-state index contributed by atoms with van der Waals surface area (Å²) in [5.41, 5.74) is -0.134. The summed E-state index contributed by atoms with van der Waals surface area (Å²) in [6.45, 7) is 0.260. The van der Waals surface area contributed by atoms with Crippen molar-refractivity contribution in [3.05, 3.63) is 29.8 Å². The number of benzene rings is 1. The number of epoxide rings is 1. The minimum atomic E-state index is -4.57. The molecule has 20 heavy (non-hydrogen) atoms. The molecule has 0 bridgehead atoms. The van der Waals surface area contributed by atoms with Gasteiger partial charge in [0.25, 0.3) is 0 Å². The van der Waals surface area contributed by atoms with Crippen molar-refractivity contribution in [2.75, 3.05) is 19.5 Å². The number of hydrogen-bond donors (Lipinski definition) is 0. The Morgan fingerprint density at radius 1 is 1.35 bits per heavy atom. The predicted octanol–water partition coefficient (Wildman–Crippen LogP) is 2.11. The zero-order chi connectivity index (χ0) is 15.0. The highest BCUT2D eigenvalue weighted by Crippen LogP contribution is 2.36. The lowest BCUT2D eigenvalue weighted by Gasteiger charge is -2.21. The maximum Gasteiger partial charge on any atom is 0.418 e. The maximum atomic E-state index is 12.9. The number of sulfone groups is 1. The van der Waals surface area contributed by atoms with Crippen LogP contribution in [0.2, 0.25) is 0 Å². The van der Waals surface area contributed by atoms with Gasteiger partial charge in [-0.2, -0.15) is 13.2 Å². The minimum absolute atomic E-state index is 0.0345. The fraction of sp³-hybridized carbons (Fsp3) is 0.500. The van der Waals surface area contributed by atoms with Crippen LogP contribution < -0.4 is 0 Å². The molecule has 0 radical (unpaired) electrons. The molecule has 0 N–H and O–H groups in total. The fourth-order valence-electron chi connectivity index (χ4n) is 1.64. The zero-order valence-corrected chi connectivity index (χ0v) is 11.4. The molecule has 0 saturated carbocycles. The van der Waals surface area contributed by atoms with Crippen LogP contribution in [0.15, 0.2) is 29.2 Å². The van der Waals surface area contributed by atoms with E-state index in [2.05, 4.69) is 0 Å². The van der Waals surface area contributed by atoms with E-state index in [-0.39, 0.29) is 23.2 Å². The first-order chi connectivity index (χ1) is 9.18. The molecule has 1 aliphatic rings. The largest absolute Gasteiger partial charge is 0.418 e. The van der Waals surface area contributed by atoms with Crippen LogP contribution in [0.1, 0.15) is 11.7 Å². The number of ether oxygens (including phenoxy) is 2. The highest BCUT2D eigenvalue weighted by molar-refractivity contribution is 7.90. The quantitative estimate of drug-likeness (QED) is 0.782. The first kappa shape index (κ1) is 15.3. The summed E-state index contributed by atoms with van der Waals surface area (Å²) in [5, 5.41) is 0. The normalized spacial score (nSPS) is 20.7. The molecular formula is C12H13F3O4S. The monoisotopic (exact) mass is 310 g/mol. The molecule has 2 atom stereocenters. The SMILES string of the molecule is CS(=O)(=O)c1ccc([C@H](OC[C@@H]2CO2)C(F)(F)F)cc1. The molecule has 0 aliphatic carbocycles. The van der Waals surface area contributed by atoms with E-state index in [0.717, 1.165) is 30.5 Å². The molecular weight excluding hydrogens is 297 g/mol. The van der Waals surface area contributed by atoms with Gasteiger partial charge in [0.1, 0.15) is 6.10 Å². The Labute approximate surface area is 114 Å². The highest BCUT2D eigenvalue weighted by atomic mass is 32.2. The molecule has 1 heterocycles. The van der Waals surface area contributed by atoms with Gasteiger partial charge in [-0.25, -0.2) is 8.42 Å². The summed E-state index contributed by atoms with van der Waals surface area (Å²) < 4.78 is 71.0. The first-order valence-electron chi connectivity index (χ1n) is 5.78. The Morgan fingerprint density at radius 2 is 1.90 bits per heavy atom. The van der Waals surface area contributed by atoms with Gasteiger partial charge < -0.3 is 9.47 Å². The Bertz CT molecular complexity index is 561. The molecule has 4 nitrogen and oxygen atoms in total. The second-order valence-electron chi connectivity index (χ2n) is 4.55. The lowest BCUT2D eigenvalue weighted by atomic mass is 10.1. The van der Waals surface area contributed by atoms with Crippen LogP contribution in [0.4, 0.5) is 13.2 Å². The van der Waals surface area contributed by atoms with Gasteiger partial charge in [-0.05, 0) is 17.7 Å². The van der Waals surface area contributed by atoms with Crippen LogP contribution >= 0.6 is 0 Å². The third kappa shape index (κ3) is 3.94. The van der Waals surface area contributed by atoms with E-state index in [4.69, 9.17) is 9.47 Å². The van der Waals surface area contributed by atoms with Crippen molar-refractivity contribution < 1.29 is 31.1 Å². The number of hydrogen-bond acceptors (Lipinski definition) is 4. The third-order valence-corrected chi connectivity index (χ3v) is 3.89. The molecule has 1 aliphatic heterocycles. The predicted molar refractivity (Wildman–Crippen MR) is 64.0 cm³/mol. The lowest BCUT2D eigenvalue weighted by molar-refractivity contribution is -0.224. The van der Waals surface area contributed by atoms with Crippen molar-refractivity contribution in [2.45, 2.75) is 23.3 Å². The van der Waals surface area contributed by atoms with Crippen LogP contribution in [0.3, 0.4) is 0 Å². The Hall–Kier alpha value is -1.12. The average molecular weight is 310 g/mol. The van der Waals surface area contributed by atoms with Crippen LogP contribution in [-0.2, 0) is 19.3 Å². The average Bonchev–Trinajstić information content (AvgIpc) is 3.11. The molecule has 0 amide bonds. The van der Waals surface area contributed by atoms with Crippen molar-refractivity contribution in [3.8, 4) is 0 Å². The van der Waals surface area contributed by atoms with Crippen molar-refractivity contribution >= 4 is 9.84 Å². The lowest BCUT2D eigenvalue weighted by Crippen LogP contribution is -2.25. The van der Waals surface area contributed by atoms with E-state index in [0.29, 0.717) is 6.61 Å². The molecule has 1 aromatic carbocycles. The summed E-state index contributed by atoms with van der Waals surface area (Å²) in [4.78, 5) is -0.0345. The number of alkyl halides is 3. The molecule has 1 saturated heterocycles. The van der Waals surface area contributed by atoms with Gasteiger partial charge in [0.2, 0.25) is 0 Å². The van der Waals surface area contributed by atoms with Gasteiger partial charge in [-0.3, -0.25) is 0 Å². The number of rotatable bonds is 5. The van der Waals surface area contributed by atoms with E-state index >= 15 is 0 Å². The summed E-state index contributed by atoms with van der Waals surface area (Å²) in [6.07, 6.45) is -5.94. The van der Waals surface area contributed by atoms with Crippen molar-refractivity contribution in [3.63, 3.8) is 0 Å². The van der Waals surface area contributed by atoms with E-state index in [1.807, 2.05) is 0 Å². The maximum absolute atomic E-state index is 12.9. The Morgan fingerprint density at radius 3 is 2.30 bits per heavy atom. The summed E-state index contributed by atoms with van der Waals surface area (Å²) in [6, 6.07) is 4.51. The van der Waals surface area contributed by atoms with Gasteiger partial charge in [0.15, 0.2) is 15.9 Å². The van der Waals surface area contributed by atoms with Gasteiger partial charge in [0.05, 0.1) is 18.1 Å². The fourth-order valence-corrected chi connectivity index (χ4v) is 2.27. The minimum Gasteiger partial charge on any atom is -0.371 e. The van der Waals surface area contributed by atoms with E-state index < -0.39 is 22.1 Å². The van der Waals surface area contributed by atoms with Gasteiger partial charge >= 0.3 is 6.18 Å². The molecule has 0 unspecified atom stereocenters. The zero-order valence-electron chi connectivity index (χ0n) is 10.6. The van der Waals surface area contributed by atoms with Crippen LogP contribution in [0.5, 0.6) is 0 Å². The topological polar surface area (TPSA) is 55.9 Å². The van der Waals surface area contributed by atoms with Crippen LogP contribution in [0.25, 0.3) is 0 Å². The highest BCUT2D eigenvalue weighted by Gasteiger charge is 2.43. The molecule has 1 aromatic rings. The van der Waals surface area contributed by atoms with Crippen molar-refractivity contribution in [1.29, 1.82) is 0 Å². The number of halogens is 3. The standard InChI is InChI=1S/C12H13F3O4S/c1-20(16,17)10-4-2-8(3-5-10)11(12(13,14)15)19-7-9-6-18-9/h2-5,9,11H,6-7H2,1H3/t9-,11-/m0/s1. The molecule has 1 fully saturated rings. The summed E-state index contributed by atoms with van der Waals surface area (Å²) >= 11 is 0. The van der Waals surface area contributed by atoms with Gasteiger partial charge in [-0.15, -0.1) is 0 Å². The Kier molecular flexibility index (Phi) is 4.08. The van der Waals surface area contributed by atoms with Crippen LogP contribution in [-0.4, -0.2) is 40.2 Å². The second-order valence-corrected chi connectivity index (χ2v) is 6.57. The third-order valence-electron chi connectivity index (χ3n) is 2.76. The summed E-state index contributed by atoms with van der Waals surface area (Å²) in [7, 11) is -3.44. The molecule has 112 valence electrons. The molecule has 0 spiro atoms. The van der Waals surface area contributed by atoms with Gasteiger partial charge in [-0.1, -0.05) is 12.1 Å². The van der Waals surface area contributed by atoms with E-state index in [9.17, 15) is 21.6 Å². The van der Waals surface area contributed by atoms with Crippen molar-refractivity contribution in [1.82, 2.24) is 0 Å². The van der Waals surface area contributed by atoms with Gasteiger partial charge in [0, 0.05) is 6.26 Å². The van der Waals surface area contributed by atoms with E-state index in [1.54, 1.807) is 0 Å². The second kappa shape index (κ2) is 5.34. The van der Waals surface area contributed by atoms with Crippen LogP contribution in [0, 0.1) is 0 Å². The summed E-state index contributed by atoms with van der Waals surface area (Å²) in [5.74, 6) is 0. The molecule has 2 rings (SSSR count). The molecule has 8 heteroatoms. The first-order valence-corrected chi connectivity index (χ1v) is 7.67. The smallest absolute Gasteiger partial charge is 0.371 e. The Balaban J connectivity index is 2.19. The van der Waals surface area contributed by atoms with Crippen molar-refractivity contribution in [2.24, 2.45) is 0 Å². The molecule has 0 aromatic heterocycles. The van der Waals surface area contributed by atoms with E-state index in [1.165, 1.54) is 0 Å².